The number of hydrogen-bond donors (Lipinski definition) is 3. The molecule has 6 heteroatoms. The summed E-state index contributed by atoms with van der Waals surface area (Å²) in [6.45, 7) is 5.83. The molecule has 0 saturated heterocycles. The lowest BCUT2D eigenvalue weighted by atomic mass is 10.1. The maximum atomic E-state index is 10.8. The van der Waals surface area contributed by atoms with E-state index in [0.717, 1.165) is 0 Å². The number of thiocarbonyl (C=S) groups is 1. The van der Waals surface area contributed by atoms with Crippen molar-refractivity contribution in [2.45, 2.75) is 32.7 Å². The third kappa shape index (κ3) is 7.31. The summed E-state index contributed by atoms with van der Waals surface area (Å²) < 4.78 is 0. The summed E-state index contributed by atoms with van der Waals surface area (Å²) in [5.74, 6) is -0.412. The normalized spacial score (nSPS) is 9.86. The van der Waals surface area contributed by atoms with Crippen LogP contribution in [0.1, 0.15) is 27.2 Å². The van der Waals surface area contributed by atoms with Gasteiger partial charge in [0, 0.05) is 5.54 Å². The van der Waals surface area contributed by atoms with E-state index in [2.05, 4.69) is 16.2 Å². The molecule has 0 aromatic carbocycles. The van der Waals surface area contributed by atoms with Gasteiger partial charge in [0.2, 0.25) is 0 Å². The lowest BCUT2D eigenvalue weighted by molar-refractivity contribution is -0.120. The lowest BCUT2D eigenvalue weighted by Crippen LogP contribution is -2.52. The molecule has 0 radical (unpaired) electrons. The van der Waals surface area contributed by atoms with Gasteiger partial charge in [-0.3, -0.25) is 15.6 Å². The average molecular weight is 214 g/mol. The Hall–Kier alpha value is -1.35. The van der Waals surface area contributed by atoms with Gasteiger partial charge in [0.15, 0.2) is 5.11 Å². The first-order valence-corrected chi connectivity index (χ1v) is 4.50. The minimum atomic E-state index is -0.412. The highest BCUT2D eigenvalue weighted by atomic mass is 32.1. The van der Waals surface area contributed by atoms with Crippen LogP contribution < -0.4 is 16.2 Å². The molecule has 0 aliphatic carbocycles. The molecule has 0 unspecified atom stereocenters. The van der Waals surface area contributed by atoms with Crippen LogP contribution in [0.25, 0.3) is 0 Å². The summed E-state index contributed by atoms with van der Waals surface area (Å²) in [7, 11) is 0. The van der Waals surface area contributed by atoms with Crippen LogP contribution in [-0.2, 0) is 4.79 Å². The molecule has 1 amide bonds. The average Bonchev–Trinajstić information content (AvgIpc) is 1.98. The Morgan fingerprint density at radius 3 is 2.43 bits per heavy atom. The second kappa shape index (κ2) is 5.40. The maximum absolute atomic E-state index is 10.8. The molecule has 0 aromatic heterocycles. The van der Waals surface area contributed by atoms with Crippen molar-refractivity contribution in [3.8, 4) is 6.07 Å². The molecule has 0 aliphatic heterocycles. The first-order valence-electron chi connectivity index (χ1n) is 4.09. The lowest BCUT2D eigenvalue weighted by Gasteiger charge is -2.22. The second-order valence-electron chi connectivity index (χ2n) is 3.71. The highest BCUT2D eigenvalue weighted by Gasteiger charge is 2.10. The zero-order valence-electron chi connectivity index (χ0n) is 8.47. The van der Waals surface area contributed by atoms with Crippen LogP contribution in [0.15, 0.2) is 0 Å². The Kier molecular flexibility index (Phi) is 4.87. The first-order chi connectivity index (χ1) is 6.35. The first kappa shape index (κ1) is 12.7. The molecular formula is C8H14N4OS. The summed E-state index contributed by atoms with van der Waals surface area (Å²) in [5.41, 5.74) is 4.62. The Balaban J connectivity index is 3.76. The predicted octanol–water partition coefficient (Wildman–Crippen LogP) is 0.194. The molecule has 0 atom stereocenters. The number of nitrogens with one attached hydrogen (secondary N) is 3. The standard InChI is InChI=1S/C8H14N4OS/c1-8(2,3)10-7(14)12-11-6(13)4-5-9/h4H2,1-3H3,(H,11,13)(H2,10,12,14). The van der Waals surface area contributed by atoms with Gasteiger partial charge >= 0.3 is 0 Å². The SMILES string of the molecule is CC(C)(C)NC(=S)NNC(=O)CC#N. The number of nitriles is 1. The Labute approximate surface area is 88.8 Å². The fourth-order valence-corrected chi connectivity index (χ4v) is 0.972. The van der Waals surface area contributed by atoms with Gasteiger partial charge in [0.25, 0.3) is 5.91 Å². The molecule has 78 valence electrons. The number of hydrogen-bond acceptors (Lipinski definition) is 3. The molecule has 14 heavy (non-hydrogen) atoms. The van der Waals surface area contributed by atoms with Gasteiger partial charge in [-0.15, -0.1) is 0 Å². The number of rotatable bonds is 1. The highest BCUT2D eigenvalue weighted by molar-refractivity contribution is 7.80. The van der Waals surface area contributed by atoms with E-state index in [-0.39, 0.29) is 12.0 Å². The van der Waals surface area contributed by atoms with E-state index in [0.29, 0.717) is 5.11 Å². The molecule has 0 spiro atoms. The molecule has 0 aromatic rings. The van der Waals surface area contributed by atoms with Gasteiger partial charge in [-0.2, -0.15) is 5.26 Å². The van der Waals surface area contributed by atoms with Crippen LogP contribution >= 0.6 is 12.2 Å². The van der Waals surface area contributed by atoms with Crippen LogP contribution in [-0.4, -0.2) is 16.6 Å². The van der Waals surface area contributed by atoms with Crippen LogP contribution in [0.3, 0.4) is 0 Å². The third-order valence-electron chi connectivity index (χ3n) is 1.04. The Bertz CT molecular complexity index is 263. The molecule has 0 heterocycles. The fraction of sp³-hybridized carbons (Fsp3) is 0.625. The van der Waals surface area contributed by atoms with Crippen molar-refractivity contribution in [1.82, 2.24) is 16.2 Å². The van der Waals surface area contributed by atoms with Crippen molar-refractivity contribution < 1.29 is 4.79 Å². The smallest absolute Gasteiger partial charge is 0.252 e. The van der Waals surface area contributed by atoms with Crippen molar-refractivity contribution >= 4 is 23.2 Å². The summed E-state index contributed by atoms with van der Waals surface area (Å²) in [4.78, 5) is 10.8. The quantitative estimate of drug-likeness (QED) is 0.429. The molecular weight excluding hydrogens is 200 g/mol. The molecule has 3 N–H and O–H groups in total. The molecule has 0 fully saturated rings. The number of carbonyl (C=O) groups is 1. The van der Waals surface area contributed by atoms with Crippen LogP contribution in [0.5, 0.6) is 0 Å². The second-order valence-corrected chi connectivity index (χ2v) is 4.12. The fourth-order valence-electron chi connectivity index (χ4n) is 0.614. The van der Waals surface area contributed by atoms with Crippen molar-refractivity contribution in [2.24, 2.45) is 0 Å². The van der Waals surface area contributed by atoms with E-state index in [1.165, 1.54) is 0 Å². The largest absolute Gasteiger partial charge is 0.357 e. The van der Waals surface area contributed by atoms with Crippen molar-refractivity contribution in [1.29, 1.82) is 5.26 Å². The van der Waals surface area contributed by atoms with Gasteiger partial charge in [-0.1, -0.05) is 0 Å². The predicted molar refractivity (Wildman–Crippen MR) is 57.0 cm³/mol. The third-order valence-corrected chi connectivity index (χ3v) is 1.25. The van der Waals surface area contributed by atoms with Crippen LogP contribution in [0.2, 0.25) is 0 Å². The summed E-state index contributed by atoms with van der Waals surface area (Å²) in [5, 5.41) is 11.5. The molecule has 0 rings (SSSR count). The van der Waals surface area contributed by atoms with Gasteiger partial charge in [0.05, 0.1) is 6.07 Å². The Morgan fingerprint density at radius 2 is 2.00 bits per heavy atom. The summed E-state index contributed by atoms with van der Waals surface area (Å²) in [6, 6.07) is 1.72. The number of amides is 1. The summed E-state index contributed by atoms with van der Waals surface area (Å²) in [6.07, 6.45) is -0.189. The van der Waals surface area contributed by atoms with E-state index < -0.39 is 5.91 Å². The van der Waals surface area contributed by atoms with E-state index in [1.54, 1.807) is 6.07 Å². The maximum Gasteiger partial charge on any atom is 0.252 e. The highest BCUT2D eigenvalue weighted by Crippen LogP contribution is 1.96. The van der Waals surface area contributed by atoms with Gasteiger partial charge < -0.3 is 5.32 Å². The summed E-state index contributed by atoms with van der Waals surface area (Å²) >= 11 is 4.88. The molecule has 0 bridgehead atoms. The Morgan fingerprint density at radius 1 is 1.43 bits per heavy atom. The zero-order valence-corrected chi connectivity index (χ0v) is 9.29. The minimum absolute atomic E-state index is 0.163. The topological polar surface area (TPSA) is 76.9 Å². The monoisotopic (exact) mass is 214 g/mol. The zero-order chi connectivity index (χ0) is 11.2. The van der Waals surface area contributed by atoms with E-state index in [9.17, 15) is 4.79 Å². The van der Waals surface area contributed by atoms with E-state index >= 15 is 0 Å². The number of hydrazine groups is 1. The van der Waals surface area contributed by atoms with Gasteiger partial charge in [-0.25, -0.2) is 0 Å². The van der Waals surface area contributed by atoms with Crippen molar-refractivity contribution in [2.75, 3.05) is 0 Å². The van der Waals surface area contributed by atoms with Crippen LogP contribution in [0, 0.1) is 11.3 Å². The van der Waals surface area contributed by atoms with Gasteiger partial charge in [-0.05, 0) is 33.0 Å². The molecule has 0 aliphatic rings. The minimum Gasteiger partial charge on any atom is -0.357 e. The van der Waals surface area contributed by atoms with E-state index in [4.69, 9.17) is 17.5 Å². The molecule has 5 nitrogen and oxygen atoms in total. The van der Waals surface area contributed by atoms with E-state index in [1.807, 2.05) is 20.8 Å². The van der Waals surface area contributed by atoms with Gasteiger partial charge in [0.1, 0.15) is 6.42 Å². The molecule has 0 saturated carbocycles. The van der Waals surface area contributed by atoms with Crippen LogP contribution in [0.4, 0.5) is 0 Å². The van der Waals surface area contributed by atoms with Crippen molar-refractivity contribution in [3.05, 3.63) is 0 Å². The number of nitrogens with zero attached hydrogens (tertiary/aromatic N) is 1. The number of carbonyl (C=O) groups excluding carboxylic acids is 1. The van der Waals surface area contributed by atoms with Crippen molar-refractivity contribution in [3.63, 3.8) is 0 Å².